The fourth-order valence-electron chi connectivity index (χ4n) is 6.44. The summed E-state index contributed by atoms with van der Waals surface area (Å²) >= 11 is 0. The van der Waals surface area contributed by atoms with Crippen LogP contribution in [-0.4, -0.2) is 174 Å². The van der Waals surface area contributed by atoms with E-state index in [1.165, 1.54) is 0 Å². The molecule has 0 saturated heterocycles. The highest BCUT2D eigenvalue weighted by atomic mass is 19.5. The van der Waals surface area contributed by atoms with Gasteiger partial charge in [0.05, 0.1) is 26.7 Å². The van der Waals surface area contributed by atoms with Gasteiger partial charge in [0.15, 0.2) is 0 Å². The third-order valence-corrected chi connectivity index (χ3v) is 11.9. The number of hydrogen-bond acceptors (Lipinski definition) is 0. The minimum Gasteiger partial charge on any atom is -0.326 e. The molecule has 52 heteroatoms. The van der Waals surface area contributed by atoms with Crippen molar-refractivity contribution in [2.45, 2.75) is 181 Å². The van der Waals surface area contributed by atoms with E-state index in [0.717, 1.165) is 0 Å². The van der Waals surface area contributed by atoms with Gasteiger partial charge < -0.3 is 4.48 Å². The van der Waals surface area contributed by atoms with Crippen LogP contribution in [0.5, 0.6) is 0 Å². The van der Waals surface area contributed by atoms with E-state index in [4.69, 9.17) is 0 Å². The van der Waals surface area contributed by atoms with Gasteiger partial charge >= 0.3 is 143 Å². The standard InChI is InChI=1S/C34H21F51N/c1-86(8-2-5-11(35,36)14(41,42)17(47,48)20(53,54)23(59,60)26(65,66)29(71,72)32(77,78)79,9-3-6-12(37,38)15(43,44)18(49,50)21(55,56)24(61,62)27(67,68)30(73,74)33(80,81)82)10-4-7-13(39,40)16(45,46)19(51,52)22(57,58)25(63,64)28(69,70)31(75,76)34(83,84)85/h2-10H2,1H3/q+1. The van der Waals surface area contributed by atoms with Gasteiger partial charge in [-0.2, -0.15) is 224 Å². The van der Waals surface area contributed by atoms with Crippen LogP contribution >= 0.6 is 0 Å². The number of quaternary nitrogens is 1. The van der Waals surface area contributed by atoms with Crippen molar-refractivity contribution in [2.75, 3.05) is 26.7 Å². The highest BCUT2D eigenvalue weighted by molar-refractivity contribution is 5.18. The highest BCUT2D eigenvalue weighted by Gasteiger charge is 2.98. The molecule has 0 aromatic carbocycles. The van der Waals surface area contributed by atoms with Crippen molar-refractivity contribution in [3.8, 4) is 0 Å². The second-order valence-corrected chi connectivity index (χ2v) is 18.0. The Morgan fingerprint density at radius 2 is 0.267 bits per heavy atom. The molecule has 0 aliphatic rings. The smallest absolute Gasteiger partial charge is 0.326 e. The van der Waals surface area contributed by atoms with Gasteiger partial charge in [0.2, 0.25) is 0 Å². The summed E-state index contributed by atoms with van der Waals surface area (Å²) in [4.78, 5) is 0. The summed E-state index contributed by atoms with van der Waals surface area (Å²) < 4.78 is 695. The minimum absolute atomic E-state index is 0.451. The van der Waals surface area contributed by atoms with E-state index in [9.17, 15) is 224 Å². The molecular formula is C34H21F51N+. The molecule has 0 atom stereocenters. The Labute approximate surface area is 437 Å². The number of hydrogen-bond donors (Lipinski definition) is 0. The summed E-state index contributed by atoms with van der Waals surface area (Å²) in [5, 5.41) is 0. The molecule has 0 heterocycles. The predicted molar refractivity (Wildman–Crippen MR) is 171 cm³/mol. The van der Waals surface area contributed by atoms with Crippen LogP contribution in [0.3, 0.4) is 0 Å². The van der Waals surface area contributed by atoms with E-state index in [2.05, 4.69) is 0 Å². The maximum absolute atomic E-state index is 14.6. The monoisotopic (exact) mass is 1410 g/mol. The lowest BCUT2D eigenvalue weighted by molar-refractivity contribution is -0.910. The number of rotatable bonds is 30. The molecule has 0 rings (SSSR count). The Balaban J connectivity index is 7.80. The molecule has 0 unspecified atom stereocenters. The molecule has 0 radical (unpaired) electrons. The van der Waals surface area contributed by atoms with Gasteiger partial charge in [-0.15, -0.1) is 0 Å². The fraction of sp³-hybridized carbons (Fsp3) is 1.00. The van der Waals surface area contributed by atoms with Crippen LogP contribution in [0, 0.1) is 0 Å². The molecule has 0 bridgehead atoms. The Kier molecular flexibility index (Phi) is 20.9. The van der Waals surface area contributed by atoms with Crippen molar-refractivity contribution >= 4 is 0 Å². The zero-order valence-electron chi connectivity index (χ0n) is 39.1. The zero-order chi connectivity index (χ0) is 70.9. The Bertz CT molecular complexity index is 2050. The van der Waals surface area contributed by atoms with Crippen LogP contribution in [0.25, 0.3) is 0 Å². The van der Waals surface area contributed by atoms with E-state index in [1.807, 2.05) is 0 Å². The number of alkyl halides is 51. The maximum Gasteiger partial charge on any atom is 0.460 e. The second-order valence-electron chi connectivity index (χ2n) is 18.0. The fourth-order valence-corrected chi connectivity index (χ4v) is 6.44. The molecule has 0 aliphatic heterocycles. The third-order valence-electron chi connectivity index (χ3n) is 11.9. The first-order chi connectivity index (χ1) is 36.4. The SMILES string of the molecule is C[N+](CCCC(F)(F)C(F)(F)C(F)(F)C(F)(F)C(F)(F)C(F)(F)C(F)(F)C(F)(F)F)(CCCC(F)(F)C(F)(F)C(F)(F)C(F)(F)C(F)(F)C(F)(F)C(F)(F)C(F)(F)F)CCCC(F)(F)C(F)(F)C(F)(F)C(F)(F)C(F)(F)C(F)(F)C(F)(F)C(F)(F)F. The van der Waals surface area contributed by atoms with E-state index in [0.29, 0.717) is 0 Å². The summed E-state index contributed by atoms with van der Waals surface area (Å²) in [7, 11) is -0.451. The average Bonchev–Trinajstić information content (AvgIpc) is 3.26. The molecule has 86 heavy (non-hydrogen) atoms. The average molecular weight is 1410 g/mol. The molecule has 0 aromatic rings. The van der Waals surface area contributed by atoms with Crippen LogP contribution < -0.4 is 0 Å². The van der Waals surface area contributed by atoms with Gasteiger partial charge in [0.25, 0.3) is 0 Å². The Morgan fingerprint density at radius 1 is 0.163 bits per heavy atom. The van der Waals surface area contributed by atoms with Crippen molar-refractivity contribution < 1.29 is 228 Å². The molecule has 0 saturated carbocycles. The molecule has 0 aromatic heterocycles. The lowest BCUT2D eigenvalue weighted by Gasteiger charge is -2.43. The minimum atomic E-state index is -9.38. The van der Waals surface area contributed by atoms with Crippen LogP contribution in [0.15, 0.2) is 0 Å². The Morgan fingerprint density at radius 3 is 0.384 bits per heavy atom. The van der Waals surface area contributed by atoms with Gasteiger partial charge in [0.1, 0.15) is 0 Å². The van der Waals surface area contributed by atoms with Crippen LogP contribution in [-0.2, 0) is 0 Å². The topological polar surface area (TPSA) is 0 Å². The summed E-state index contributed by atoms with van der Waals surface area (Å²) in [5.74, 6) is -187. The van der Waals surface area contributed by atoms with Crippen molar-refractivity contribution in [2.24, 2.45) is 0 Å². The first-order valence-electron chi connectivity index (χ1n) is 20.3. The summed E-state index contributed by atoms with van der Waals surface area (Å²) in [5.41, 5.74) is 0. The molecular weight excluding hydrogens is 1390 g/mol. The first kappa shape index (κ1) is 82.4. The van der Waals surface area contributed by atoms with Crippen molar-refractivity contribution in [1.29, 1.82) is 0 Å². The van der Waals surface area contributed by atoms with Gasteiger partial charge in [0, 0.05) is 38.5 Å². The quantitative estimate of drug-likeness (QED) is 0.0497. The van der Waals surface area contributed by atoms with Crippen LogP contribution in [0.2, 0.25) is 0 Å². The number of nitrogens with zero attached hydrogens (tertiary/aromatic N) is 1. The molecule has 1 nitrogen and oxygen atoms in total. The molecule has 0 amide bonds. The van der Waals surface area contributed by atoms with Gasteiger partial charge in [-0.25, -0.2) is 0 Å². The largest absolute Gasteiger partial charge is 0.460 e. The Hall–Kier alpha value is -3.61. The predicted octanol–water partition coefficient (Wildman–Crippen LogP) is 18.8. The highest BCUT2D eigenvalue weighted by Crippen LogP contribution is 2.68. The van der Waals surface area contributed by atoms with Crippen molar-refractivity contribution in [1.82, 2.24) is 0 Å². The second kappa shape index (κ2) is 21.8. The molecule has 518 valence electrons. The van der Waals surface area contributed by atoms with Crippen LogP contribution in [0.1, 0.15) is 38.5 Å². The summed E-state index contributed by atoms with van der Waals surface area (Å²) in [6.45, 7) is -7.81. The van der Waals surface area contributed by atoms with Gasteiger partial charge in [-0.1, -0.05) is 0 Å². The van der Waals surface area contributed by atoms with E-state index in [1.54, 1.807) is 0 Å². The maximum atomic E-state index is 14.6. The van der Waals surface area contributed by atoms with Crippen LogP contribution in [0.4, 0.5) is 224 Å². The van der Waals surface area contributed by atoms with E-state index < -0.39 is 213 Å². The normalized spacial score (nSPS) is 17.0. The summed E-state index contributed by atoms with van der Waals surface area (Å²) in [6.07, 6.45) is -45.1. The van der Waals surface area contributed by atoms with E-state index in [-0.39, 0.29) is 0 Å². The zero-order valence-corrected chi connectivity index (χ0v) is 39.1. The lowest BCUT2D eigenvalue weighted by atomic mass is 9.87. The van der Waals surface area contributed by atoms with Crippen molar-refractivity contribution in [3.63, 3.8) is 0 Å². The lowest BCUT2D eigenvalue weighted by Crippen LogP contribution is -2.74. The number of halogens is 51. The molecule has 0 N–H and O–H groups in total. The first-order valence-corrected chi connectivity index (χ1v) is 20.3. The molecule has 0 spiro atoms. The van der Waals surface area contributed by atoms with Gasteiger partial charge in [-0.3, -0.25) is 0 Å². The van der Waals surface area contributed by atoms with Gasteiger partial charge in [-0.05, 0) is 0 Å². The summed E-state index contributed by atoms with van der Waals surface area (Å²) in [6, 6.07) is 0. The molecule has 0 fully saturated rings. The molecule has 0 aliphatic carbocycles. The van der Waals surface area contributed by atoms with E-state index >= 15 is 0 Å². The third kappa shape index (κ3) is 11.6. The van der Waals surface area contributed by atoms with Crippen molar-refractivity contribution in [3.05, 3.63) is 0 Å².